The molecule has 1 fully saturated rings. The molecule has 1 heterocycles. The van der Waals surface area contributed by atoms with Crippen molar-refractivity contribution in [2.45, 2.75) is 6.61 Å². The number of ether oxygens (including phenoxy) is 1. The number of hydrogen-bond donors (Lipinski definition) is 1. The summed E-state index contributed by atoms with van der Waals surface area (Å²) in [4.78, 5) is 17.2. The Morgan fingerprint density at radius 3 is 2.67 bits per heavy atom. The lowest BCUT2D eigenvalue weighted by Crippen LogP contribution is -2.19. The number of thioether (sulfide) groups is 1. The molecule has 4 nitrogen and oxygen atoms in total. The minimum absolute atomic E-state index is 0.209. The van der Waals surface area contributed by atoms with Gasteiger partial charge in [0, 0.05) is 5.02 Å². The molecule has 0 bridgehead atoms. The predicted octanol–water partition coefficient (Wildman–Crippen LogP) is 5.95. The van der Waals surface area contributed by atoms with Gasteiger partial charge in [0.1, 0.15) is 18.2 Å². The highest BCUT2D eigenvalue weighted by Gasteiger charge is 2.23. The smallest absolute Gasteiger partial charge is 0.264 e. The van der Waals surface area contributed by atoms with E-state index in [2.05, 4.69) is 10.3 Å². The average Bonchev–Trinajstić information content (AvgIpc) is 3.07. The number of nitrogens with one attached hydrogen (secondary N) is 1. The van der Waals surface area contributed by atoms with Gasteiger partial charge in [-0.05, 0) is 77.5 Å². The topological polar surface area (TPSA) is 50.7 Å². The first-order valence-corrected chi connectivity index (χ1v) is 10.3. The molecule has 0 saturated carbocycles. The summed E-state index contributed by atoms with van der Waals surface area (Å²) >= 11 is 7.15. The zero-order valence-electron chi connectivity index (χ0n) is 15.6. The van der Waals surface area contributed by atoms with Crippen LogP contribution in [-0.4, -0.2) is 11.1 Å². The van der Waals surface area contributed by atoms with E-state index in [0.717, 1.165) is 11.1 Å². The Bertz CT molecular complexity index is 1150. The van der Waals surface area contributed by atoms with Crippen molar-refractivity contribution in [1.82, 2.24) is 5.32 Å². The summed E-state index contributed by atoms with van der Waals surface area (Å²) in [7, 11) is 0. The van der Waals surface area contributed by atoms with Crippen LogP contribution in [0.25, 0.3) is 6.08 Å². The normalized spacial score (nSPS) is 16.1. The fraction of sp³-hybridized carbons (Fsp3) is 0.0435. The summed E-state index contributed by atoms with van der Waals surface area (Å²) in [6, 6.07) is 20.7. The monoisotopic (exact) mass is 438 g/mol. The second-order valence-electron chi connectivity index (χ2n) is 6.45. The van der Waals surface area contributed by atoms with Gasteiger partial charge in [0.15, 0.2) is 5.17 Å². The molecule has 1 saturated heterocycles. The lowest BCUT2D eigenvalue weighted by atomic mass is 10.2. The van der Waals surface area contributed by atoms with Crippen LogP contribution in [-0.2, 0) is 11.4 Å². The molecular formula is C23H16ClFN2O2S. The van der Waals surface area contributed by atoms with Crippen molar-refractivity contribution < 1.29 is 13.9 Å². The minimum atomic E-state index is -0.296. The maximum absolute atomic E-state index is 13.3. The van der Waals surface area contributed by atoms with Crippen LogP contribution in [0.5, 0.6) is 5.75 Å². The maximum atomic E-state index is 13.3. The van der Waals surface area contributed by atoms with Crippen LogP contribution in [0, 0.1) is 5.82 Å². The summed E-state index contributed by atoms with van der Waals surface area (Å²) in [6.45, 7) is 0.255. The van der Waals surface area contributed by atoms with Crippen molar-refractivity contribution in [2.24, 2.45) is 4.99 Å². The number of nitrogens with zero attached hydrogens (tertiary/aromatic N) is 1. The summed E-state index contributed by atoms with van der Waals surface area (Å²) in [5.41, 5.74) is 2.26. The molecule has 1 aliphatic rings. The van der Waals surface area contributed by atoms with Crippen LogP contribution in [0.4, 0.5) is 10.1 Å². The Morgan fingerprint density at radius 2 is 1.87 bits per heavy atom. The van der Waals surface area contributed by atoms with E-state index >= 15 is 0 Å². The zero-order chi connectivity index (χ0) is 20.9. The van der Waals surface area contributed by atoms with Crippen molar-refractivity contribution in [3.8, 4) is 5.75 Å². The molecule has 0 unspecified atom stereocenters. The van der Waals surface area contributed by atoms with Gasteiger partial charge in [-0.3, -0.25) is 4.79 Å². The highest BCUT2D eigenvalue weighted by atomic mass is 35.5. The van der Waals surface area contributed by atoms with E-state index in [4.69, 9.17) is 16.3 Å². The van der Waals surface area contributed by atoms with Crippen molar-refractivity contribution in [2.75, 3.05) is 0 Å². The van der Waals surface area contributed by atoms with E-state index in [0.29, 0.717) is 26.5 Å². The second-order valence-corrected chi connectivity index (χ2v) is 7.92. The van der Waals surface area contributed by atoms with E-state index in [1.165, 1.54) is 23.9 Å². The summed E-state index contributed by atoms with van der Waals surface area (Å²) in [5, 5.41) is 3.89. The van der Waals surface area contributed by atoms with E-state index in [1.54, 1.807) is 42.5 Å². The molecule has 3 aromatic carbocycles. The lowest BCUT2D eigenvalue weighted by molar-refractivity contribution is -0.115. The Balaban J connectivity index is 1.45. The molecular weight excluding hydrogens is 423 g/mol. The molecule has 30 heavy (non-hydrogen) atoms. The summed E-state index contributed by atoms with van der Waals surface area (Å²) in [6.07, 6.45) is 1.78. The van der Waals surface area contributed by atoms with E-state index in [9.17, 15) is 9.18 Å². The number of amides is 1. The molecule has 7 heteroatoms. The van der Waals surface area contributed by atoms with Crippen LogP contribution >= 0.6 is 23.4 Å². The molecule has 3 aromatic rings. The number of carbonyl (C=O) groups excluding carboxylic acids is 1. The Hall–Kier alpha value is -3.09. The highest BCUT2D eigenvalue weighted by molar-refractivity contribution is 8.18. The molecule has 0 aliphatic carbocycles. The van der Waals surface area contributed by atoms with Gasteiger partial charge in [0.05, 0.1) is 10.6 Å². The maximum Gasteiger partial charge on any atom is 0.264 e. The molecule has 0 radical (unpaired) electrons. The number of hydrogen-bond acceptors (Lipinski definition) is 4. The summed E-state index contributed by atoms with van der Waals surface area (Å²) < 4.78 is 19.0. The second kappa shape index (κ2) is 9.15. The van der Waals surface area contributed by atoms with Crippen molar-refractivity contribution >= 4 is 46.2 Å². The van der Waals surface area contributed by atoms with Gasteiger partial charge < -0.3 is 10.1 Å². The van der Waals surface area contributed by atoms with Crippen LogP contribution < -0.4 is 10.1 Å². The van der Waals surface area contributed by atoms with Crippen molar-refractivity contribution in [3.63, 3.8) is 0 Å². The molecule has 0 atom stereocenters. The SMILES string of the molecule is O=C1NC(=Nc2ccc(Cl)cc2)S/C1=C\c1cccc(OCc2cccc(F)c2)c1. The first kappa shape index (κ1) is 20.2. The first-order chi connectivity index (χ1) is 14.5. The molecule has 1 aliphatic heterocycles. The minimum Gasteiger partial charge on any atom is -0.489 e. The van der Waals surface area contributed by atoms with Gasteiger partial charge in [0.25, 0.3) is 5.91 Å². The predicted molar refractivity (Wildman–Crippen MR) is 119 cm³/mol. The van der Waals surface area contributed by atoms with Gasteiger partial charge in [-0.25, -0.2) is 9.38 Å². The Labute approximate surface area is 182 Å². The van der Waals surface area contributed by atoms with Crippen LogP contribution in [0.1, 0.15) is 11.1 Å². The highest BCUT2D eigenvalue weighted by Crippen LogP contribution is 2.29. The van der Waals surface area contributed by atoms with Crippen LogP contribution in [0.15, 0.2) is 82.7 Å². The number of benzene rings is 3. The van der Waals surface area contributed by atoms with Crippen LogP contribution in [0.3, 0.4) is 0 Å². The number of carbonyl (C=O) groups is 1. The molecule has 0 spiro atoms. The van der Waals surface area contributed by atoms with Gasteiger partial charge in [0.2, 0.25) is 0 Å². The number of amidine groups is 1. The van der Waals surface area contributed by atoms with Gasteiger partial charge in [-0.15, -0.1) is 0 Å². The first-order valence-electron chi connectivity index (χ1n) is 9.08. The fourth-order valence-electron chi connectivity index (χ4n) is 2.75. The van der Waals surface area contributed by atoms with Gasteiger partial charge >= 0.3 is 0 Å². The van der Waals surface area contributed by atoms with E-state index < -0.39 is 0 Å². The van der Waals surface area contributed by atoms with Gasteiger partial charge in [-0.1, -0.05) is 35.9 Å². The molecule has 1 amide bonds. The summed E-state index contributed by atoms with van der Waals surface area (Å²) in [5.74, 6) is 0.126. The lowest BCUT2D eigenvalue weighted by Gasteiger charge is -2.07. The number of rotatable bonds is 5. The third kappa shape index (κ3) is 5.28. The Kier molecular flexibility index (Phi) is 6.16. The standard InChI is InChI=1S/C23H16ClFN2O2S/c24-17-7-9-19(10-8-17)26-23-27-22(28)21(30-23)13-15-3-2-6-20(12-15)29-14-16-4-1-5-18(25)11-16/h1-13H,14H2,(H,26,27,28)/b21-13-. The number of aliphatic imine (C=N–C) groups is 1. The van der Waals surface area contributed by atoms with Crippen molar-refractivity contribution in [3.05, 3.63) is 99.7 Å². The quantitative estimate of drug-likeness (QED) is 0.501. The molecule has 4 rings (SSSR count). The molecule has 1 N–H and O–H groups in total. The van der Waals surface area contributed by atoms with Gasteiger partial charge in [-0.2, -0.15) is 0 Å². The fourth-order valence-corrected chi connectivity index (χ4v) is 3.72. The molecule has 150 valence electrons. The van der Waals surface area contributed by atoms with E-state index in [-0.39, 0.29) is 18.3 Å². The van der Waals surface area contributed by atoms with Crippen molar-refractivity contribution in [1.29, 1.82) is 0 Å². The third-order valence-electron chi connectivity index (χ3n) is 4.16. The number of halogens is 2. The Morgan fingerprint density at radius 1 is 1.07 bits per heavy atom. The van der Waals surface area contributed by atoms with E-state index in [1.807, 2.05) is 24.3 Å². The molecule has 0 aromatic heterocycles. The largest absolute Gasteiger partial charge is 0.489 e. The zero-order valence-corrected chi connectivity index (χ0v) is 17.2. The van der Waals surface area contributed by atoms with Crippen LogP contribution in [0.2, 0.25) is 5.02 Å². The average molecular weight is 439 g/mol. The third-order valence-corrected chi connectivity index (χ3v) is 5.32.